The van der Waals surface area contributed by atoms with Gasteiger partial charge in [0.2, 0.25) is 5.91 Å². The standard InChI is InChI=1S/C15H23NO5/c17-13(15(5-6-15)14(18)19)16-7-3-11(4-8-16)21-10-12-2-1-9-20-12/h11-12H,1-10H2,(H,18,19). The van der Waals surface area contributed by atoms with Gasteiger partial charge in [-0.1, -0.05) is 0 Å². The van der Waals surface area contributed by atoms with E-state index in [2.05, 4.69) is 0 Å². The molecule has 2 saturated heterocycles. The van der Waals surface area contributed by atoms with Crippen molar-refractivity contribution in [2.45, 2.75) is 50.7 Å². The van der Waals surface area contributed by atoms with Crippen LogP contribution in [0.1, 0.15) is 38.5 Å². The Morgan fingerprint density at radius 3 is 2.48 bits per heavy atom. The molecule has 6 nitrogen and oxygen atoms in total. The van der Waals surface area contributed by atoms with Gasteiger partial charge < -0.3 is 19.5 Å². The zero-order valence-electron chi connectivity index (χ0n) is 12.3. The van der Waals surface area contributed by atoms with Gasteiger partial charge >= 0.3 is 5.97 Å². The van der Waals surface area contributed by atoms with E-state index in [0.29, 0.717) is 32.5 Å². The topological polar surface area (TPSA) is 76.1 Å². The van der Waals surface area contributed by atoms with Crippen LogP contribution in [0.25, 0.3) is 0 Å². The molecule has 3 aliphatic rings. The van der Waals surface area contributed by atoms with Gasteiger partial charge in [-0.25, -0.2) is 0 Å². The van der Waals surface area contributed by atoms with Crippen LogP contribution in [0.15, 0.2) is 0 Å². The zero-order chi connectivity index (χ0) is 14.9. The normalized spacial score (nSPS) is 28.6. The number of ether oxygens (including phenoxy) is 2. The molecule has 2 heterocycles. The fraction of sp³-hybridized carbons (Fsp3) is 0.867. The van der Waals surface area contributed by atoms with Crippen LogP contribution in [0.3, 0.4) is 0 Å². The van der Waals surface area contributed by atoms with Gasteiger partial charge in [-0.05, 0) is 38.5 Å². The molecule has 21 heavy (non-hydrogen) atoms. The molecule has 1 unspecified atom stereocenters. The van der Waals surface area contributed by atoms with E-state index in [1.165, 1.54) is 0 Å². The molecule has 1 atom stereocenters. The highest BCUT2D eigenvalue weighted by Gasteiger charge is 2.58. The third-order valence-corrected chi connectivity index (χ3v) is 4.84. The van der Waals surface area contributed by atoms with Gasteiger partial charge in [0, 0.05) is 19.7 Å². The largest absolute Gasteiger partial charge is 0.480 e. The number of carbonyl (C=O) groups excluding carboxylic acids is 1. The quantitative estimate of drug-likeness (QED) is 0.767. The minimum Gasteiger partial charge on any atom is -0.480 e. The number of aliphatic carboxylic acids is 1. The van der Waals surface area contributed by atoms with E-state index in [-0.39, 0.29) is 18.1 Å². The van der Waals surface area contributed by atoms with Crippen molar-refractivity contribution < 1.29 is 24.2 Å². The highest BCUT2D eigenvalue weighted by Crippen LogP contribution is 2.47. The van der Waals surface area contributed by atoms with E-state index in [9.17, 15) is 14.7 Å². The maximum atomic E-state index is 12.3. The summed E-state index contributed by atoms with van der Waals surface area (Å²) >= 11 is 0. The van der Waals surface area contributed by atoms with Crippen molar-refractivity contribution >= 4 is 11.9 Å². The zero-order valence-corrected chi connectivity index (χ0v) is 12.3. The van der Waals surface area contributed by atoms with Crippen LogP contribution in [-0.4, -0.2) is 60.4 Å². The minimum absolute atomic E-state index is 0.165. The van der Waals surface area contributed by atoms with Crippen molar-refractivity contribution in [3.63, 3.8) is 0 Å². The lowest BCUT2D eigenvalue weighted by Crippen LogP contribution is -2.46. The van der Waals surface area contributed by atoms with Crippen molar-refractivity contribution in [1.29, 1.82) is 0 Å². The van der Waals surface area contributed by atoms with Crippen LogP contribution in [0.2, 0.25) is 0 Å². The maximum Gasteiger partial charge on any atom is 0.319 e. The molecule has 1 aliphatic carbocycles. The Kier molecular flexibility index (Phi) is 4.17. The van der Waals surface area contributed by atoms with Gasteiger partial charge in [-0.3, -0.25) is 9.59 Å². The number of rotatable bonds is 5. The molecule has 0 aromatic carbocycles. The number of carboxylic acids is 1. The average molecular weight is 297 g/mol. The van der Waals surface area contributed by atoms with Crippen molar-refractivity contribution in [2.75, 3.05) is 26.3 Å². The fourth-order valence-corrected chi connectivity index (χ4v) is 3.19. The second kappa shape index (κ2) is 5.93. The molecule has 118 valence electrons. The van der Waals surface area contributed by atoms with Gasteiger partial charge in [0.25, 0.3) is 0 Å². The number of nitrogens with zero attached hydrogens (tertiary/aromatic N) is 1. The number of hydrogen-bond donors (Lipinski definition) is 1. The highest BCUT2D eigenvalue weighted by molar-refractivity contribution is 6.04. The lowest BCUT2D eigenvalue weighted by Gasteiger charge is -2.33. The molecule has 6 heteroatoms. The first-order valence-corrected chi connectivity index (χ1v) is 7.88. The molecular formula is C15H23NO5. The Bertz CT molecular complexity index is 406. The number of amides is 1. The first-order valence-electron chi connectivity index (χ1n) is 7.88. The second-order valence-electron chi connectivity index (χ2n) is 6.35. The Hall–Kier alpha value is -1.14. The lowest BCUT2D eigenvalue weighted by atomic mass is 10.0. The number of hydrogen-bond acceptors (Lipinski definition) is 4. The Labute approximate surface area is 124 Å². The number of carbonyl (C=O) groups is 2. The molecule has 3 rings (SSSR count). The molecule has 0 aromatic heterocycles. The van der Waals surface area contributed by atoms with Crippen LogP contribution in [0.5, 0.6) is 0 Å². The van der Waals surface area contributed by atoms with E-state index in [1.54, 1.807) is 4.90 Å². The van der Waals surface area contributed by atoms with E-state index < -0.39 is 11.4 Å². The SMILES string of the molecule is O=C(O)C1(C(=O)N2CCC(OCC3CCCO3)CC2)CC1. The molecule has 3 fully saturated rings. The highest BCUT2D eigenvalue weighted by atomic mass is 16.5. The molecule has 1 saturated carbocycles. The van der Waals surface area contributed by atoms with Gasteiger partial charge in [0.05, 0.1) is 18.8 Å². The number of likely N-dealkylation sites (tertiary alicyclic amines) is 1. The Morgan fingerprint density at radius 2 is 1.95 bits per heavy atom. The molecular weight excluding hydrogens is 274 g/mol. The summed E-state index contributed by atoms with van der Waals surface area (Å²) in [5, 5.41) is 9.18. The summed E-state index contributed by atoms with van der Waals surface area (Å²) in [4.78, 5) is 25.2. The van der Waals surface area contributed by atoms with E-state index in [0.717, 1.165) is 32.3 Å². The summed E-state index contributed by atoms with van der Waals surface area (Å²) in [7, 11) is 0. The van der Waals surface area contributed by atoms with Crippen molar-refractivity contribution in [3.05, 3.63) is 0 Å². The Morgan fingerprint density at radius 1 is 1.24 bits per heavy atom. The monoisotopic (exact) mass is 297 g/mol. The predicted molar refractivity (Wildman–Crippen MR) is 73.8 cm³/mol. The molecule has 2 aliphatic heterocycles. The molecule has 1 N–H and O–H groups in total. The smallest absolute Gasteiger partial charge is 0.319 e. The fourth-order valence-electron chi connectivity index (χ4n) is 3.19. The van der Waals surface area contributed by atoms with E-state index in [4.69, 9.17) is 9.47 Å². The Balaban J connectivity index is 1.42. The van der Waals surface area contributed by atoms with Crippen LogP contribution in [-0.2, 0) is 19.1 Å². The maximum absolute atomic E-state index is 12.3. The number of carboxylic acid groups (broad SMARTS) is 1. The third kappa shape index (κ3) is 3.06. The summed E-state index contributed by atoms with van der Waals surface area (Å²) in [6, 6.07) is 0. The molecule has 0 radical (unpaired) electrons. The van der Waals surface area contributed by atoms with E-state index in [1.807, 2.05) is 0 Å². The van der Waals surface area contributed by atoms with Gasteiger partial charge in [-0.15, -0.1) is 0 Å². The third-order valence-electron chi connectivity index (χ3n) is 4.84. The lowest BCUT2D eigenvalue weighted by molar-refractivity contribution is -0.154. The molecule has 1 amide bonds. The van der Waals surface area contributed by atoms with E-state index >= 15 is 0 Å². The van der Waals surface area contributed by atoms with Gasteiger partial charge in [0.15, 0.2) is 0 Å². The summed E-state index contributed by atoms with van der Waals surface area (Å²) in [6.45, 7) is 2.67. The predicted octanol–water partition coefficient (Wildman–Crippen LogP) is 1.04. The van der Waals surface area contributed by atoms with Crippen LogP contribution in [0, 0.1) is 5.41 Å². The van der Waals surface area contributed by atoms with Crippen LogP contribution < -0.4 is 0 Å². The van der Waals surface area contributed by atoms with Crippen molar-refractivity contribution in [1.82, 2.24) is 4.90 Å². The average Bonchev–Trinajstić information content (AvgIpc) is 3.15. The first kappa shape index (κ1) is 14.8. The summed E-state index contributed by atoms with van der Waals surface area (Å²) in [5.74, 6) is -1.17. The van der Waals surface area contributed by atoms with Crippen LogP contribution in [0.4, 0.5) is 0 Å². The summed E-state index contributed by atoms with van der Waals surface area (Å²) in [6.07, 6.45) is 5.11. The van der Waals surface area contributed by atoms with Gasteiger partial charge in [-0.2, -0.15) is 0 Å². The molecule has 0 bridgehead atoms. The second-order valence-corrected chi connectivity index (χ2v) is 6.35. The summed E-state index contributed by atoms with van der Waals surface area (Å²) in [5.41, 5.74) is -1.11. The van der Waals surface area contributed by atoms with Crippen molar-refractivity contribution in [2.24, 2.45) is 5.41 Å². The molecule has 0 spiro atoms. The minimum atomic E-state index is -1.11. The van der Waals surface area contributed by atoms with Gasteiger partial charge in [0.1, 0.15) is 5.41 Å². The molecule has 0 aromatic rings. The van der Waals surface area contributed by atoms with Crippen molar-refractivity contribution in [3.8, 4) is 0 Å². The first-order chi connectivity index (χ1) is 10.1. The number of piperidine rings is 1. The summed E-state index contributed by atoms with van der Waals surface area (Å²) < 4.78 is 11.4. The van der Waals surface area contributed by atoms with Crippen LogP contribution >= 0.6 is 0 Å².